The fourth-order valence-corrected chi connectivity index (χ4v) is 9.71. The normalized spacial score (nSPS) is 21.9. The number of urea groups is 1. The van der Waals surface area contributed by atoms with Gasteiger partial charge in [-0.15, -0.1) is 0 Å². The Morgan fingerprint density at radius 3 is 2.28 bits per heavy atom. The second-order valence-electron chi connectivity index (χ2n) is 16.8. The highest BCUT2D eigenvalue weighted by atomic mass is 19.3. The van der Waals surface area contributed by atoms with Gasteiger partial charge in [0.05, 0.1) is 32.9 Å². The summed E-state index contributed by atoms with van der Waals surface area (Å²) in [6.45, 7) is 5.10. The molecule has 3 fully saturated rings. The molecule has 8 rings (SSSR count). The van der Waals surface area contributed by atoms with Crippen LogP contribution in [0.1, 0.15) is 58.3 Å². The second-order valence-corrected chi connectivity index (χ2v) is 16.8. The molecule has 2 N–H and O–H groups in total. The maximum atomic E-state index is 15.8. The lowest BCUT2D eigenvalue weighted by molar-refractivity contribution is -0.136. The van der Waals surface area contributed by atoms with Crippen LogP contribution in [-0.2, 0) is 42.7 Å². The molecule has 3 saturated heterocycles. The van der Waals surface area contributed by atoms with Crippen LogP contribution in [0.5, 0.6) is 11.5 Å². The van der Waals surface area contributed by atoms with Crippen molar-refractivity contribution in [2.24, 2.45) is 13.0 Å². The van der Waals surface area contributed by atoms with Gasteiger partial charge in [0.15, 0.2) is 0 Å². The van der Waals surface area contributed by atoms with Gasteiger partial charge < -0.3 is 39.0 Å². The van der Waals surface area contributed by atoms with Crippen LogP contribution in [-0.4, -0.2) is 134 Å². The minimum Gasteiger partial charge on any atom is -0.496 e. The molecule has 3 aromatic rings. The van der Waals surface area contributed by atoms with Gasteiger partial charge in [0.2, 0.25) is 11.8 Å². The van der Waals surface area contributed by atoms with E-state index in [2.05, 4.69) is 20.4 Å². The van der Waals surface area contributed by atoms with Crippen molar-refractivity contribution in [3.05, 3.63) is 74.7 Å². The van der Waals surface area contributed by atoms with Crippen LogP contribution in [0.15, 0.2) is 41.3 Å². The molecule has 0 bridgehead atoms. The molecule has 0 spiro atoms. The third kappa shape index (κ3) is 8.29. The summed E-state index contributed by atoms with van der Waals surface area (Å²) >= 11 is 0. The number of methoxy groups -OCH3 is 2. The average molecular weight is 845 g/mol. The molecule has 17 heteroatoms. The van der Waals surface area contributed by atoms with Crippen LogP contribution in [0.2, 0.25) is 0 Å². The van der Waals surface area contributed by atoms with E-state index in [-0.39, 0.29) is 49.3 Å². The number of hydrogen-bond donors (Lipinski definition) is 2. The lowest BCUT2D eigenvalue weighted by Gasteiger charge is -2.41. The molecule has 0 saturated carbocycles. The number of rotatable bonds is 10. The highest BCUT2D eigenvalue weighted by Crippen LogP contribution is 2.40. The van der Waals surface area contributed by atoms with E-state index < -0.39 is 30.3 Å². The summed E-state index contributed by atoms with van der Waals surface area (Å²) in [5.41, 5.74) is 5.75. The van der Waals surface area contributed by atoms with E-state index in [0.29, 0.717) is 73.8 Å². The van der Waals surface area contributed by atoms with Gasteiger partial charge >= 0.3 is 6.03 Å². The summed E-state index contributed by atoms with van der Waals surface area (Å²) in [5.74, 6) is -3.51. The van der Waals surface area contributed by atoms with Crippen molar-refractivity contribution in [3.63, 3.8) is 0 Å². The van der Waals surface area contributed by atoms with Gasteiger partial charge in [-0.05, 0) is 73.2 Å². The molecule has 5 aliphatic heterocycles. The molecule has 2 unspecified atom stereocenters. The minimum atomic E-state index is -2.92. The van der Waals surface area contributed by atoms with Crippen molar-refractivity contribution in [2.75, 3.05) is 78.5 Å². The molecule has 0 aliphatic carbocycles. The topological polar surface area (TPSA) is 149 Å². The average Bonchev–Trinajstić information content (AvgIpc) is 3.58. The molecule has 0 radical (unpaired) electrons. The zero-order valence-electron chi connectivity index (χ0n) is 35.2. The number of amides is 5. The van der Waals surface area contributed by atoms with Crippen LogP contribution in [0.3, 0.4) is 0 Å². The van der Waals surface area contributed by atoms with Crippen molar-refractivity contribution in [1.82, 2.24) is 34.8 Å². The van der Waals surface area contributed by atoms with Crippen molar-refractivity contribution in [3.8, 4) is 22.6 Å². The predicted octanol–water partition coefficient (Wildman–Crippen LogP) is 3.20. The van der Waals surface area contributed by atoms with Crippen molar-refractivity contribution >= 4 is 29.4 Å². The van der Waals surface area contributed by atoms with Gasteiger partial charge in [0, 0.05) is 107 Å². The Labute approximate surface area is 353 Å². The molecule has 5 aliphatic rings. The molecule has 2 atom stereocenters. The zero-order chi connectivity index (χ0) is 43.2. The Kier molecular flexibility index (Phi) is 11.8. The predicted molar refractivity (Wildman–Crippen MR) is 223 cm³/mol. The summed E-state index contributed by atoms with van der Waals surface area (Å²) < 4.78 is 45.0. The number of imide groups is 1. The van der Waals surface area contributed by atoms with E-state index in [9.17, 15) is 24.0 Å². The first-order valence-corrected chi connectivity index (χ1v) is 21.1. The van der Waals surface area contributed by atoms with Gasteiger partial charge in [-0.2, -0.15) is 0 Å². The number of pyridine rings is 1. The number of nitrogens with one attached hydrogen (secondary N) is 2. The summed E-state index contributed by atoms with van der Waals surface area (Å²) in [4.78, 5) is 72.3. The van der Waals surface area contributed by atoms with Crippen LogP contribution in [0.25, 0.3) is 11.1 Å². The standard InChI is InChI=1S/C44H54F2N8O7/c1-47-43(59)52-14-11-31-33(23-49(2)41(57)34(31)25-52)28-19-37(60-3)35(38(20-28)61-4)24-51-17-15-50(16-18-51)12-9-29-10-13-53(26-44(29,45)46)30-6-5-27-22-54(42(58)32(27)21-30)36-7-8-39(55)48-40(36)56/h5-6,19-21,23,29,36H,7-18,22,24-26H2,1-4H3,(H,47,59)(H,48,55,56). The monoisotopic (exact) mass is 844 g/mol. The first-order valence-electron chi connectivity index (χ1n) is 21.1. The molecule has 6 heterocycles. The number of carbonyl (C=O) groups excluding carboxylic acids is 4. The van der Waals surface area contributed by atoms with Crippen LogP contribution in [0, 0.1) is 5.92 Å². The molecule has 326 valence electrons. The molecular weight excluding hydrogens is 791 g/mol. The fourth-order valence-electron chi connectivity index (χ4n) is 9.71. The number of fused-ring (bicyclic) bond motifs is 2. The number of aryl methyl sites for hydroxylation is 1. The van der Waals surface area contributed by atoms with E-state index in [1.54, 1.807) is 60.9 Å². The van der Waals surface area contributed by atoms with Crippen molar-refractivity contribution in [2.45, 2.75) is 63.7 Å². The summed E-state index contributed by atoms with van der Waals surface area (Å²) in [6, 6.07) is 8.24. The first-order chi connectivity index (χ1) is 29.3. The number of carbonyl (C=O) groups is 4. The SMILES string of the molecule is CNC(=O)N1CCc2c(-c3cc(OC)c(CN4CCN(CCC5CCN(c6ccc7c(c6)C(=O)N(C6CCC(=O)NC6=O)C7)CC5(F)F)CC4)c(OC)c3)cn(C)c(=O)c2C1. The minimum absolute atomic E-state index is 0.129. The van der Waals surface area contributed by atoms with Crippen molar-refractivity contribution in [1.29, 1.82) is 0 Å². The van der Waals surface area contributed by atoms with Crippen LogP contribution < -0.4 is 30.6 Å². The first kappa shape index (κ1) is 42.2. The van der Waals surface area contributed by atoms with Crippen LogP contribution >= 0.6 is 0 Å². The quantitative estimate of drug-likeness (QED) is 0.292. The number of hydrogen-bond acceptors (Lipinski definition) is 10. The third-order valence-corrected chi connectivity index (χ3v) is 13.3. The van der Waals surface area contributed by atoms with Gasteiger partial charge in [-0.1, -0.05) is 6.07 Å². The number of anilines is 1. The van der Waals surface area contributed by atoms with Gasteiger partial charge in [0.1, 0.15) is 17.5 Å². The van der Waals surface area contributed by atoms with E-state index in [1.807, 2.05) is 18.3 Å². The Morgan fingerprint density at radius 1 is 0.885 bits per heavy atom. The zero-order valence-corrected chi connectivity index (χ0v) is 35.2. The Morgan fingerprint density at radius 2 is 1.61 bits per heavy atom. The largest absolute Gasteiger partial charge is 0.496 e. The molecule has 15 nitrogen and oxygen atoms in total. The van der Waals surface area contributed by atoms with Gasteiger partial charge in [-0.3, -0.25) is 29.4 Å². The summed E-state index contributed by atoms with van der Waals surface area (Å²) in [6.07, 6.45) is 3.51. The van der Waals surface area contributed by atoms with Crippen LogP contribution in [0.4, 0.5) is 19.3 Å². The van der Waals surface area contributed by atoms with E-state index in [0.717, 1.165) is 54.0 Å². The lowest BCUT2D eigenvalue weighted by Crippen LogP contribution is -2.52. The molecule has 5 amide bonds. The van der Waals surface area contributed by atoms with Gasteiger partial charge in [-0.25, -0.2) is 13.6 Å². The molecule has 2 aromatic carbocycles. The molecule has 1 aromatic heterocycles. The number of halogens is 2. The number of benzene rings is 2. The maximum absolute atomic E-state index is 15.8. The van der Waals surface area contributed by atoms with E-state index in [1.165, 1.54) is 4.90 Å². The summed E-state index contributed by atoms with van der Waals surface area (Å²) in [7, 11) is 6.55. The molecule has 61 heavy (non-hydrogen) atoms. The number of ether oxygens (including phenoxy) is 2. The fraction of sp³-hybridized carbons (Fsp3) is 0.523. The number of aromatic nitrogens is 1. The van der Waals surface area contributed by atoms with Crippen molar-refractivity contribution < 1.29 is 37.4 Å². The Hall–Kier alpha value is -5.55. The number of piperazine rings is 1. The van der Waals surface area contributed by atoms with E-state index in [4.69, 9.17) is 9.47 Å². The maximum Gasteiger partial charge on any atom is 0.317 e. The Balaban J connectivity index is 0.860. The highest BCUT2D eigenvalue weighted by Gasteiger charge is 2.45. The molecular formula is C44H54F2N8O7. The highest BCUT2D eigenvalue weighted by molar-refractivity contribution is 6.05. The number of piperidine rings is 2. The number of nitrogens with zero attached hydrogens (tertiary/aromatic N) is 6. The lowest BCUT2D eigenvalue weighted by atomic mass is 9.89. The van der Waals surface area contributed by atoms with E-state index >= 15 is 8.78 Å². The third-order valence-electron chi connectivity index (χ3n) is 13.3. The smallest absolute Gasteiger partial charge is 0.317 e. The second kappa shape index (κ2) is 17.1. The Bertz CT molecular complexity index is 2270. The summed E-state index contributed by atoms with van der Waals surface area (Å²) in [5, 5.41) is 4.96. The number of alkyl halides is 2. The van der Waals surface area contributed by atoms with Gasteiger partial charge in [0.25, 0.3) is 17.4 Å².